The Morgan fingerprint density at radius 2 is 1.90 bits per heavy atom. The van der Waals surface area contributed by atoms with E-state index < -0.39 is 5.82 Å². The van der Waals surface area contributed by atoms with E-state index in [0.717, 1.165) is 26.1 Å². The van der Waals surface area contributed by atoms with Crippen LogP contribution in [0.3, 0.4) is 0 Å². The average molecular weight is 435 g/mol. The minimum absolute atomic E-state index is 0.159. The Bertz CT molecular complexity index is 1050. The van der Waals surface area contributed by atoms with Crippen molar-refractivity contribution in [3.63, 3.8) is 0 Å². The molecule has 160 valence electrons. The molecule has 0 unspecified atom stereocenters. The summed E-state index contributed by atoms with van der Waals surface area (Å²) in [6, 6.07) is 17.5. The van der Waals surface area contributed by atoms with Crippen molar-refractivity contribution in [1.29, 1.82) is 0 Å². The van der Waals surface area contributed by atoms with E-state index in [1.54, 1.807) is 29.5 Å². The Morgan fingerprint density at radius 1 is 1.10 bits per heavy atom. The summed E-state index contributed by atoms with van der Waals surface area (Å²) in [5.74, 6) is 0.0648. The van der Waals surface area contributed by atoms with Gasteiger partial charge in [0.15, 0.2) is 0 Å². The van der Waals surface area contributed by atoms with Gasteiger partial charge >= 0.3 is 0 Å². The third-order valence-corrected chi connectivity index (χ3v) is 7.58. The maximum Gasteiger partial charge on any atom is 0.257 e. The first-order chi connectivity index (χ1) is 15.1. The van der Waals surface area contributed by atoms with Crippen molar-refractivity contribution in [3.8, 4) is 0 Å². The first-order valence-electron chi connectivity index (χ1n) is 11.0. The van der Waals surface area contributed by atoms with Crippen molar-refractivity contribution in [3.05, 3.63) is 93.4 Å². The standard InChI is InChI=1S/C26H27FN2OS/c1-18-6-8-19(9-7-18)14-28-12-10-25-23(15-28)22(20-11-13-31-17-20)16-29(25)26(30)21-4-2-3-5-24(21)27/h2-9,11,13,17,22-23,25H,10,12,14-16H2,1H3/t22-,23-,25-/m1/s1. The zero-order chi connectivity index (χ0) is 21.4. The Hall–Kier alpha value is -2.50. The lowest BCUT2D eigenvalue weighted by atomic mass is 9.82. The van der Waals surface area contributed by atoms with E-state index in [1.165, 1.54) is 22.8 Å². The smallest absolute Gasteiger partial charge is 0.257 e. The van der Waals surface area contributed by atoms with Crippen molar-refractivity contribution >= 4 is 17.2 Å². The molecule has 0 saturated carbocycles. The molecule has 31 heavy (non-hydrogen) atoms. The van der Waals surface area contributed by atoms with Gasteiger partial charge in [-0.05, 0) is 53.4 Å². The number of carbonyl (C=O) groups is 1. The number of fused-ring (bicyclic) bond motifs is 1. The third kappa shape index (κ3) is 4.04. The third-order valence-electron chi connectivity index (χ3n) is 6.88. The van der Waals surface area contributed by atoms with Crippen LogP contribution < -0.4 is 0 Å². The second-order valence-corrected chi connectivity index (χ2v) is 9.62. The van der Waals surface area contributed by atoms with E-state index in [0.29, 0.717) is 18.4 Å². The molecule has 2 saturated heterocycles. The molecule has 3 atom stereocenters. The lowest BCUT2D eigenvalue weighted by Gasteiger charge is -2.39. The van der Waals surface area contributed by atoms with Crippen LogP contribution in [-0.2, 0) is 6.54 Å². The summed E-state index contributed by atoms with van der Waals surface area (Å²) in [5, 5.41) is 4.32. The number of benzene rings is 2. The van der Waals surface area contributed by atoms with Crippen LogP contribution in [-0.4, -0.2) is 41.4 Å². The molecule has 0 N–H and O–H groups in total. The molecular weight excluding hydrogens is 407 g/mol. The molecule has 0 bridgehead atoms. The van der Waals surface area contributed by atoms with E-state index in [-0.39, 0.29) is 17.5 Å². The van der Waals surface area contributed by atoms with Gasteiger partial charge in [0, 0.05) is 44.1 Å². The number of rotatable bonds is 4. The Labute approximate surface area is 187 Å². The molecule has 2 aromatic carbocycles. The molecule has 3 nitrogen and oxygen atoms in total. The van der Waals surface area contributed by atoms with Crippen LogP contribution >= 0.6 is 11.3 Å². The summed E-state index contributed by atoms with van der Waals surface area (Å²) >= 11 is 1.70. The fourth-order valence-corrected chi connectivity index (χ4v) is 5.99. The van der Waals surface area contributed by atoms with Gasteiger partial charge in [0.2, 0.25) is 0 Å². The monoisotopic (exact) mass is 434 g/mol. The summed E-state index contributed by atoms with van der Waals surface area (Å²) in [5.41, 5.74) is 4.10. The highest BCUT2D eigenvalue weighted by Gasteiger charge is 2.47. The number of aryl methyl sites for hydroxylation is 1. The maximum atomic E-state index is 14.4. The maximum absolute atomic E-state index is 14.4. The number of piperidine rings is 1. The van der Waals surface area contributed by atoms with Crippen LogP contribution in [0.4, 0.5) is 4.39 Å². The summed E-state index contributed by atoms with van der Waals surface area (Å²) < 4.78 is 14.4. The van der Waals surface area contributed by atoms with Crippen molar-refractivity contribution < 1.29 is 9.18 Å². The molecular formula is C26H27FN2OS. The molecule has 1 amide bonds. The van der Waals surface area contributed by atoms with Crippen molar-refractivity contribution in [2.45, 2.75) is 31.8 Å². The van der Waals surface area contributed by atoms with Gasteiger partial charge in [0.1, 0.15) is 5.82 Å². The number of halogens is 1. The van der Waals surface area contributed by atoms with Gasteiger partial charge in [-0.3, -0.25) is 9.69 Å². The average Bonchev–Trinajstić information content (AvgIpc) is 3.43. The second kappa shape index (κ2) is 8.56. The van der Waals surface area contributed by atoms with Gasteiger partial charge < -0.3 is 4.90 Å². The van der Waals surface area contributed by atoms with Crippen LogP contribution in [0.15, 0.2) is 65.4 Å². The summed E-state index contributed by atoms with van der Waals surface area (Å²) in [7, 11) is 0. The minimum atomic E-state index is -0.431. The first-order valence-corrected chi connectivity index (χ1v) is 11.9. The molecule has 5 rings (SSSR count). The lowest BCUT2D eigenvalue weighted by Crippen LogP contribution is -2.47. The van der Waals surface area contributed by atoms with E-state index in [9.17, 15) is 9.18 Å². The molecule has 0 spiro atoms. The molecule has 0 aliphatic carbocycles. The molecule has 1 aromatic heterocycles. The van der Waals surface area contributed by atoms with Crippen molar-refractivity contribution in [1.82, 2.24) is 9.80 Å². The van der Waals surface area contributed by atoms with Crippen LogP contribution in [0.2, 0.25) is 0 Å². The fraction of sp³-hybridized carbons (Fsp3) is 0.346. The fourth-order valence-electron chi connectivity index (χ4n) is 5.26. The minimum Gasteiger partial charge on any atom is -0.335 e. The predicted octanol–water partition coefficient (Wildman–Crippen LogP) is 5.33. The highest BCUT2D eigenvalue weighted by atomic mass is 32.1. The van der Waals surface area contributed by atoms with E-state index >= 15 is 0 Å². The largest absolute Gasteiger partial charge is 0.335 e. The number of carbonyl (C=O) groups excluding carboxylic acids is 1. The van der Waals surface area contributed by atoms with Crippen LogP contribution in [0, 0.1) is 18.7 Å². The molecule has 0 radical (unpaired) electrons. The molecule has 2 aliphatic heterocycles. The number of nitrogens with zero attached hydrogens (tertiary/aromatic N) is 2. The summed E-state index contributed by atoms with van der Waals surface area (Å²) in [4.78, 5) is 17.8. The van der Waals surface area contributed by atoms with Gasteiger partial charge in [-0.2, -0.15) is 11.3 Å². The van der Waals surface area contributed by atoms with Crippen LogP contribution in [0.25, 0.3) is 0 Å². The SMILES string of the molecule is Cc1ccc(CN2CC[C@@H]3[C@H](C2)[C@@H](c2ccsc2)CN3C(=O)c2ccccc2F)cc1. The van der Waals surface area contributed by atoms with E-state index in [4.69, 9.17) is 0 Å². The second-order valence-electron chi connectivity index (χ2n) is 8.84. The molecule has 2 fully saturated rings. The molecule has 2 aliphatic rings. The van der Waals surface area contributed by atoms with Gasteiger partial charge in [0.05, 0.1) is 5.56 Å². The van der Waals surface area contributed by atoms with Crippen molar-refractivity contribution in [2.75, 3.05) is 19.6 Å². The zero-order valence-corrected chi connectivity index (χ0v) is 18.5. The van der Waals surface area contributed by atoms with E-state index in [1.807, 2.05) is 4.90 Å². The van der Waals surface area contributed by atoms with E-state index in [2.05, 4.69) is 52.9 Å². The number of hydrogen-bond donors (Lipinski definition) is 0. The van der Waals surface area contributed by atoms with Gasteiger partial charge in [-0.15, -0.1) is 0 Å². The molecule has 3 heterocycles. The zero-order valence-electron chi connectivity index (χ0n) is 17.7. The molecule has 5 heteroatoms. The summed E-state index contributed by atoms with van der Waals surface area (Å²) in [6.07, 6.45) is 0.928. The highest BCUT2D eigenvalue weighted by molar-refractivity contribution is 7.08. The lowest BCUT2D eigenvalue weighted by molar-refractivity contribution is 0.0609. The Morgan fingerprint density at radius 3 is 2.65 bits per heavy atom. The highest BCUT2D eigenvalue weighted by Crippen LogP contribution is 2.43. The van der Waals surface area contributed by atoms with Crippen LogP contribution in [0.5, 0.6) is 0 Å². The quantitative estimate of drug-likeness (QED) is 0.554. The van der Waals surface area contributed by atoms with Crippen LogP contribution in [0.1, 0.15) is 39.4 Å². The van der Waals surface area contributed by atoms with Gasteiger partial charge in [0.25, 0.3) is 5.91 Å². The van der Waals surface area contributed by atoms with Crippen molar-refractivity contribution in [2.24, 2.45) is 5.92 Å². The topological polar surface area (TPSA) is 23.6 Å². The number of amides is 1. The van der Waals surface area contributed by atoms with Gasteiger partial charge in [-0.1, -0.05) is 42.0 Å². The number of hydrogen-bond acceptors (Lipinski definition) is 3. The predicted molar refractivity (Wildman–Crippen MR) is 123 cm³/mol. The Kier molecular flexibility index (Phi) is 5.63. The normalized spacial score (nSPS) is 23.7. The molecule has 3 aromatic rings. The van der Waals surface area contributed by atoms with Gasteiger partial charge in [-0.25, -0.2) is 4.39 Å². The number of thiophene rings is 1. The Balaban J connectivity index is 1.39. The summed E-state index contributed by atoms with van der Waals surface area (Å²) in [6.45, 7) is 5.62. The number of likely N-dealkylation sites (tertiary alicyclic amines) is 2. The first kappa shape index (κ1) is 20.4.